The van der Waals surface area contributed by atoms with Gasteiger partial charge >= 0.3 is 11.6 Å². The third-order valence-corrected chi connectivity index (χ3v) is 10.5. The second kappa shape index (κ2) is 6.92. The molecule has 0 radical (unpaired) electrons. The Morgan fingerprint density at radius 3 is 2.64 bits per heavy atom. The summed E-state index contributed by atoms with van der Waals surface area (Å²) in [6.07, 6.45) is 4.98. The van der Waals surface area contributed by atoms with E-state index in [1.165, 1.54) is 19.3 Å². The number of hydrogen-bond acceptors (Lipinski definition) is 7. The van der Waals surface area contributed by atoms with Gasteiger partial charge in [0.2, 0.25) is 0 Å². The minimum atomic E-state index is -0.569. The van der Waals surface area contributed by atoms with Crippen LogP contribution in [-0.2, 0) is 14.3 Å². The van der Waals surface area contributed by atoms with Crippen LogP contribution in [0, 0.1) is 28.6 Å². The molecule has 33 heavy (non-hydrogen) atoms. The monoisotopic (exact) mass is 458 g/mol. The number of aliphatic hydroxyl groups excluding tert-OH is 2. The molecule has 7 heteroatoms. The van der Waals surface area contributed by atoms with Crippen molar-refractivity contribution in [1.29, 1.82) is 0 Å². The summed E-state index contributed by atoms with van der Waals surface area (Å²) in [7, 11) is 0. The molecular formula is C26H34O7. The zero-order valence-corrected chi connectivity index (χ0v) is 19.5. The highest BCUT2D eigenvalue weighted by Gasteiger charge is 2.85. The van der Waals surface area contributed by atoms with Crippen LogP contribution in [0.25, 0.3) is 0 Å². The fraction of sp³-hybridized carbons (Fsp3) is 0.769. The molecule has 1 aliphatic heterocycles. The first-order chi connectivity index (χ1) is 15.6. The number of rotatable bonds is 2. The number of carbonyl (C=O) groups excluding carboxylic acids is 1. The number of epoxide rings is 1. The van der Waals surface area contributed by atoms with Crippen LogP contribution in [0.15, 0.2) is 27.6 Å². The number of fused-ring (bicyclic) bond motifs is 3. The van der Waals surface area contributed by atoms with Crippen LogP contribution in [0.5, 0.6) is 0 Å². The Hall–Kier alpha value is -1.70. The average molecular weight is 459 g/mol. The van der Waals surface area contributed by atoms with Crippen molar-refractivity contribution in [1.82, 2.24) is 0 Å². The number of carbonyl (C=O) groups is 1. The molecule has 2 heterocycles. The molecule has 11 atom stereocenters. The molecule has 1 aromatic rings. The fourth-order valence-corrected chi connectivity index (χ4v) is 9.07. The standard InChI is InChI=1S/C26H34O7/c1-13(27)32-22-20(14-4-5-19(30)31-12-14)25(3)9-7-17-21(26(25)23(22)33-26)18(29)11-15-10-16(28)6-8-24(15,17)2/h4-5,12,15-18,20-23,28-29H,6-11H2,1-3H3/t15-,16-,17+,18-,20-,21+,22+,23+,24-,25+,26+/m0/s1. The van der Waals surface area contributed by atoms with E-state index in [-0.39, 0.29) is 40.8 Å². The smallest absolute Gasteiger partial charge is 0.335 e. The summed E-state index contributed by atoms with van der Waals surface area (Å²) in [6, 6.07) is 3.20. The first kappa shape index (κ1) is 21.8. The van der Waals surface area contributed by atoms with Crippen LogP contribution >= 0.6 is 0 Å². The summed E-state index contributed by atoms with van der Waals surface area (Å²) in [5, 5.41) is 21.8. The van der Waals surface area contributed by atoms with Crippen molar-refractivity contribution in [2.75, 3.05) is 0 Å². The topological polar surface area (TPSA) is 110 Å². The lowest BCUT2D eigenvalue weighted by molar-refractivity contribution is -0.186. The third-order valence-electron chi connectivity index (χ3n) is 10.5. The van der Waals surface area contributed by atoms with Crippen molar-refractivity contribution in [3.8, 4) is 0 Å². The fourth-order valence-electron chi connectivity index (χ4n) is 9.07. The number of hydrogen-bond donors (Lipinski definition) is 2. The van der Waals surface area contributed by atoms with Gasteiger partial charge in [0, 0.05) is 30.2 Å². The Labute approximate surface area is 193 Å². The Bertz CT molecular complexity index is 1020. The van der Waals surface area contributed by atoms with Gasteiger partial charge in [-0.3, -0.25) is 4.79 Å². The molecule has 6 rings (SSSR count). The molecule has 5 fully saturated rings. The van der Waals surface area contributed by atoms with Gasteiger partial charge in [0.05, 0.1) is 18.5 Å². The molecule has 1 saturated heterocycles. The number of ether oxygens (including phenoxy) is 2. The molecule has 180 valence electrons. The average Bonchev–Trinajstić information content (AvgIpc) is 3.45. The predicted octanol–water partition coefficient (Wildman–Crippen LogP) is 2.77. The molecule has 4 aliphatic carbocycles. The van der Waals surface area contributed by atoms with E-state index in [0.29, 0.717) is 18.3 Å². The van der Waals surface area contributed by atoms with Gasteiger partial charge in [0.15, 0.2) is 0 Å². The molecule has 5 aliphatic rings. The lowest BCUT2D eigenvalue weighted by Gasteiger charge is -2.62. The van der Waals surface area contributed by atoms with Gasteiger partial charge in [-0.05, 0) is 67.4 Å². The first-order valence-corrected chi connectivity index (χ1v) is 12.4. The molecule has 1 aromatic heterocycles. The van der Waals surface area contributed by atoms with Crippen LogP contribution in [0.3, 0.4) is 0 Å². The molecule has 0 aromatic carbocycles. The lowest BCUT2D eigenvalue weighted by atomic mass is 9.43. The maximum atomic E-state index is 12.1. The first-order valence-electron chi connectivity index (χ1n) is 12.4. The summed E-state index contributed by atoms with van der Waals surface area (Å²) in [4.78, 5) is 23.7. The van der Waals surface area contributed by atoms with Crippen LogP contribution in [0.2, 0.25) is 0 Å². The van der Waals surface area contributed by atoms with Gasteiger partial charge in [-0.25, -0.2) is 4.79 Å². The van der Waals surface area contributed by atoms with Gasteiger partial charge in [-0.15, -0.1) is 0 Å². The molecule has 2 N–H and O–H groups in total. The van der Waals surface area contributed by atoms with Gasteiger partial charge in [0.25, 0.3) is 0 Å². The number of esters is 1. The van der Waals surface area contributed by atoms with Crippen LogP contribution in [0.4, 0.5) is 0 Å². The van der Waals surface area contributed by atoms with Crippen molar-refractivity contribution < 1.29 is 28.9 Å². The van der Waals surface area contributed by atoms with E-state index in [9.17, 15) is 19.8 Å². The minimum absolute atomic E-state index is 0.0449. The summed E-state index contributed by atoms with van der Waals surface area (Å²) in [5.74, 6) is 0.0276. The van der Waals surface area contributed by atoms with Crippen LogP contribution in [0.1, 0.15) is 70.8 Å². The van der Waals surface area contributed by atoms with Crippen molar-refractivity contribution >= 4 is 5.97 Å². The summed E-state index contributed by atoms with van der Waals surface area (Å²) in [5.41, 5.74) is -0.444. The second-order valence-electron chi connectivity index (χ2n) is 11.8. The van der Waals surface area contributed by atoms with Crippen molar-refractivity contribution in [2.45, 2.75) is 95.2 Å². The molecule has 4 saturated carbocycles. The van der Waals surface area contributed by atoms with Crippen molar-refractivity contribution in [3.05, 3.63) is 34.4 Å². The van der Waals surface area contributed by atoms with E-state index in [2.05, 4.69) is 13.8 Å². The highest BCUT2D eigenvalue weighted by atomic mass is 16.7. The maximum absolute atomic E-state index is 12.1. The van der Waals surface area contributed by atoms with Crippen molar-refractivity contribution in [2.24, 2.45) is 28.6 Å². The maximum Gasteiger partial charge on any atom is 0.335 e. The zero-order valence-electron chi connectivity index (χ0n) is 19.5. The van der Waals surface area contributed by atoms with E-state index >= 15 is 0 Å². The highest BCUT2D eigenvalue weighted by molar-refractivity contribution is 5.66. The highest BCUT2D eigenvalue weighted by Crippen LogP contribution is 2.78. The van der Waals surface area contributed by atoms with E-state index in [4.69, 9.17) is 13.9 Å². The van der Waals surface area contributed by atoms with Crippen LogP contribution < -0.4 is 5.63 Å². The third kappa shape index (κ3) is 2.73. The van der Waals surface area contributed by atoms with Gasteiger partial charge in [0.1, 0.15) is 17.8 Å². The predicted molar refractivity (Wildman–Crippen MR) is 117 cm³/mol. The Morgan fingerprint density at radius 2 is 1.94 bits per heavy atom. The quantitative estimate of drug-likeness (QED) is 0.518. The lowest BCUT2D eigenvalue weighted by Crippen LogP contribution is -2.62. The largest absolute Gasteiger partial charge is 0.459 e. The molecule has 7 nitrogen and oxygen atoms in total. The Kier molecular flexibility index (Phi) is 4.57. The summed E-state index contributed by atoms with van der Waals surface area (Å²) >= 11 is 0. The van der Waals surface area contributed by atoms with Gasteiger partial charge in [-0.1, -0.05) is 13.8 Å². The van der Waals surface area contributed by atoms with E-state index < -0.39 is 23.4 Å². The molecular weight excluding hydrogens is 424 g/mol. The number of aliphatic hydroxyl groups is 2. The van der Waals surface area contributed by atoms with E-state index in [1.54, 1.807) is 6.07 Å². The van der Waals surface area contributed by atoms with Crippen molar-refractivity contribution in [3.63, 3.8) is 0 Å². The molecule has 0 unspecified atom stereocenters. The molecule has 1 spiro atoms. The van der Waals surface area contributed by atoms with E-state index in [1.807, 2.05) is 0 Å². The minimum Gasteiger partial charge on any atom is -0.459 e. The zero-order chi connectivity index (χ0) is 23.3. The molecule has 0 amide bonds. The molecule has 0 bridgehead atoms. The SMILES string of the molecule is CC(=O)O[C@H]1[C@H]2O[C@]23[C@@H]2[C@@H](CC[C@]3(C)[C@H]1c1ccc(=O)oc1)[C@@]1(C)CC[C@H](O)C[C@H]1C[C@@H]2O. The van der Waals surface area contributed by atoms with Gasteiger partial charge < -0.3 is 24.1 Å². The normalized spacial score (nSPS) is 52.2. The Balaban J connectivity index is 1.44. The van der Waals surface area contributed by atoms with Crippen LogP contribution in [-0.4, -0.2) is 46.2 Å². The Morgan fingerprint density at radius 1 is 1.15 bits per heavy atom. The summed E-state index contributed by atoms with van der Waals surface area (Å²) < 4.78 is 17.6. The second-order valence-corrected chi connectivity index (χ2v) is 11.8. The van der Waals surface area contributed by atoms with E-state index in [0.717, 1.165) is 37.7 Å². The summed E-state index contributed by atoms with van der Waals surface area (Å²) in [6.45, 7) is 5.97. The van der Waals surface area contributed by atoms with Gasteiger partial charge in [-0.2, -0.15) is 0 Å².